The van der Waals surface area contributed by atoms with E-state index in [-0.39, 0.29) is 23.4 Å². The molecule has 4 rings (SSSR count). The van der Waals surface area contributed by atoms with Crippen molar-refractivity contribution in [3.63, 3.8) is 0 Å². The second-order valence-corrected chi connectivity index (χ2v) is 9.47. The predicted molar refractivity (Wildman–Crippen MR) is 132 cm³/mol. The van der Waals surface area contributed by atoms with Gasteiger partial charge in [0.2, 0.25) is 5.88 Å². The molecule has 8 heteroatoms. The summed E-state index contributed by atoms with van der Waals surface area (Å²) < 4.78 is 50.9. The average molecular weight is 501 g/mol. The maximum Gasteiger partial charge on any atom is 0.416 e. The van der Waals surface area contributed by atoms with E-state index in [1.165, 1.54) is 20.3 Å². The van der Waals surface area contributed by atoms with E-state index in [2.05, 4.69) is 16.9 Å². The van der Waals surface area contributed by atoms with Gasteiger partial charge in [-0.25, -0.2) is 4.98 Å². The molecule has 1 fully saturated rings. The number of ether oxygens (including phenoxy) is 2. The van der Waals surface area contributed by atoms with Gasteiger partial charge in [0.25, 0.3) is 0 Å². The molecule has 1 saturated carbocycles. The summed E-state index contributed by atoms with van der Waals surface area (Å²) in [6, 6.07) is 7.48. The Labute approximate surface area is 209 Å². The molecule has 1 unspecified atom stereocenters. The van der Waals surface area contributed by atoms with Gasteiger partial charge in [0.1, 0.15) is 11.3 Å². The highest BCUT2D eigenvalue weighted by Crippen LogP contribution is 2.44. The number of aromatic nitrogens is 2. The van der Waals surface area contributed by atoms with Crippen LogP contribution in [0, 0.1) is 11.8 Å². The zero-order valence-corrected chi connectivity index (χ0v) is 20.8. The fraction of sp³-hybridized carbons (Fsp3) is 0.464. The monoisotopic (exact) mass is 500 g/mol. The third-order valence-electron chi connectivity index (χ3n) is 7.51. The first kappa shape index (κ1) is 25.9. The van der Waals surface area contributed by atoms with Gasteiger partial charge in [0.15, 0.2) is 5.78 Å². The number of rotatable bonds is 8. The number of nitrogens with zero attached hydrogens (tertiary/aromatic N) is 2. The average Bonchev–Trinajstić information content (AvgIpc) is 2.90. The molecule has 2 aromatic heterocycles. The number of Topliss-reactive ketones (excluding diaryl/α,β-unsaturated/α-hetero) is 1. The van der Waals surface area contributed by atoms with Crippen molar-refractivity contribution in [1.82, 2.24) is 9.97 Å². The third-order valence-corrected chi connectivity index (χ3v) is 7.51. The molecule has 2 heterocycles. The molecule has 1 aliphatic carbocycles. The molecular formula is C28H31F3N2O3. The van der Waals surface area contributed by atoms with E-state index >= 15 is 0 Å². The van der Waals surface area contributed by atoms with Gasteiger partial charge >= 0.3 is 6.18 Å². The number of carbonyl (C=O) groups excluding carboxylic acids is 1. The van der Waals surface area contributed by atoms with Gasteiger partial charge in [-0.2, -0.15) is 13.2 Å². The van der Waals surface area contributed by atoms with Crippen LogP contribution in [0.15, 0.2) is 42.7 Å². The van der Waals surface area contributed by atoms with Gasteiger partial charge < -0.3 is 9.47 Å². The molecule has 0 amide bonds. The van der Waals surface area contributed by atoms with E-state index in [1.807, 2.05) is 6.07 Å². The summed E-state index contributed by atoms with van der Waals surface area (Å²) in [5, 5.41) is 0.502. The number of carbonyl (C=O) groups is 1. The minimum absolute atomic E-state index is 0.0750. The van der Waals surface area contributed by atoms with Crippen LogP contribution >= 0.6 is 0 Å². The highest BCUT2D eigenvalue weighted by Gasteiger charge is 2.34. The lowest BCUT2D eigenvalue weighted by atomic mass is 9.71. The standard InChI is InChI=1S/C28H31F3N2O3/c1-4-17(13-24(34)20-9-10-26(36-3)33-16-20)18-5-7-19(8-6-18)22-11-12-32-27-23(22)14-21(28(29,30)31)15-25(27)35-2/h9-12,14-19H,4-8,13H2,1-3H3. The minimum atomic E-state index is -4.47. The molecule has 0 bridgehead atoms. The molecule has 0 aliphatic heterocycles. The number of pyridine rings is 2. The van der Waals surface area contributed by atoms with Crippen molar-refractivity contribution < 1.29 is 27.4 Å². The Morgan fingerprint density at radius 2 is 1.81 bits per heavy atom. The molecule has 5 nitrogen and oxygen atoms in total. The fourth-order valence-corrected chi connectivity index (χ4v) is 5.49. The van der Waals surface area contributed by atoms with Crippen LogP contribution in [0.5, 0.6) is 11.6 Å². The van der Waals surface area contributed by atoms with Crippen LogP contribution in [0.2, 0.25) is 0 Å². The zero-order valence-electron chi connectivity index (χ0n) is 20.8. The van der Waals surface area contributed by atoms with Crippen LogP contribution in [-0.4, -0.2) is 30.0 Å². The van der Waals surface area contributed by atoms with E-state index < -0.39 is 11.7 Å². The number of benzene rings is 1. The second-order valence-electron chi connectivity index (χ2n) is 9.47. The van der Waals surface area contributed by atoms with Gasteiger partial charge in [-0.05, 0) is 73.3 Å². The van der Waals surface area contributed by atoms with Crippen LogP contribution in [0.1, 0.15) is 72.9 Å². The Morgan fingerprint density at radius 3 is 2.39 bits per heavy atom. The summed E-state index contributed by atoms with van der Waals surface area (Å²) in [6.07, 6.45) is 3.67. The van der Waals surface area contributed by atoms with Crippen molar-refractivity contribution in [1.29, 1.82) is 0 Å². The first-order valence-corrected chi connectivity index (χ1v) is 12.3. The van der Waals surface area contributed by atoms with Crippen molar-refractivity contribution in [2.75, 3.05) is 14.2 Å². The molecular weight excluding hydrogens is 469 g/mol. The van der Waals surface area contributed by atoms with Crippen LogP contribution in [0.3, 0.4) is 0 Å². The third kappa shape index (κ3) is 5.47. The molecule has 1 aromatic carbocycles. The highest BCUT2D eigenvalue weighted by molar-refractivity contribution is 5.96. The number of ketones is 1. The predicted octanol–water partition coefficient (Wildman–Crippen LogP) is 7.24. The molecule has 0 saturated heterocycles. The summed E-state index contributed by atoms with van der Waals surface area (Å²) in [5.41, 5.74) is 1.19. The van der Waals surface area contributed by atoms with Gasteiger partial charge in [-0.1, -0.05) is 13.3 Å². The first-order chi connectivity index (χ1) is 17.2. The Balaban J connectivity index is 1.49. The van der Waals surface area contributed by atoms with E-state index in [0.29, 0.717) is 34.7 Å². The lowest BCUT2D eigenvalue weighted by Gasteiger charge is -2.34. The number of methoxy groups -OCH3 is 2. The van der Waals surface area contributed by atoms with Crippen molar-refractivity contribution in [2.24, 2.45) is 11.8 Å². The van der Waals surface area contributed by atoms with Crippen molar-refractivity contribution in [2.45, 2.75) is 57.5 Å². The molecule has 0 radical (unpaired) electrons. The number of hydrogen-bond acceptors (Lipinski definition) is 5. The van der Waals surface area contributed by atoms with Crippen molar-refractivity contribution in [3.05, 3.63) is 59.4 Å². The maximum atomic E-state index is 13.5. The maximum absolute atomic E-state index is 13.5. The Bertz CT molecular complexity index is 1200. The molecule has 3 aromatic rings. The SMILES string of the molecule is CCC(CC(=O)c1ccc(OC)nc1)C1CCC(c2ccnc3c(OC)cc(C(F)(F)F)cc23)CC1. The minimum Gasteiger partial charge on any atom is -0.494 e. The van der Waals surface area contributed by atoms with Gasteiger partial charge in [-0.15, -0.1) is 0 Å². The van der Waals surface area contributed by atoms with Crippen LogP contribution in [0.25, 0.3) is 10.9 Å². The molecule has 0 N–H and O–H groups in total. The number of alkyl halides is 3. The topological polar surface area (TPSA) is 61.3 Å². The quantitative estimate of drug-likeness (QED) is 0.305. The molecule has 36 heavy (non-hydrogen) atoms. The molecule has 192 valence electrons. The van der Waals surface area contributed by atoms with Gasteiger partial charge in [-0.3, -0.25) is 9.78 Å². The van der Waals surface area contributed by atoms with Crippen LogP contribution in [0.4, 0.5) is 13.2 Å². The first-order valence-electron chi connectivity index (χ1n) is 12.3. The molecule has 1 aliphatic rings. The van der Waals surface area contributed by atoms with E-state index in [0.717, 1.165) is 43.7 Å². The van der Waals surface area contributed by atoms with Crippen molar-refractivity contribution in [3.8, 4) is 11.6 Å². The molecule has 0 spiro atoms. The number of halogens is 3. The summed E-state index contributed by atoms with van der Waals surface area (Å²) in [7, 11) is 2.90. The summed E-state index contributed by atoms with van der Waals surface area (Å²) in [6.45, 7) is 2.11. The van der Waals surface area contributed by atoms with E-state index in [1.54, 1.807) is 24.5 Å². The Kier molecular flexibility index (Phi) is 7.81. The van der Waals surface area contributed by atoms with E-state index in [4.69, 9.17) is 9.47 Å². The highest BCUT2D eigenvalue weighted by atomic mass is 19.4. The largest absolute Gasteiger partial charge is 0.494 e. The fourth-order valence-electron chi connectivity index (χ4n) is 5.49. The lowest BCUT2D eigenvalue weighted by Crippen LogP contribution is -2.23. The van der Waals surface area contributed by atoms with Crippen LogP contribution < -0.4 is 9.47 Å². The number of fused-ring (bicyclic) bond motifs is 1. The normalized spacial score (nSPS) is 19.2. The second kappa shape index (κ2) is 10.8. The summed E-state index contributed by atoms with van der Waals surface area (Å²) >= 11 is 0. The summed E-state index contributed by atoms with van der Waals surface area (Å²) in [5.74, 6) is 1.47. The zero-order chi connectivity index (χ0) is 25.9. The molecule has 1 atom stereocenters. The van der Waals surface area contributed by atoms with Crippen molar-refractivity contribution >= 4 is 16.7 Å². The van der Waals surface area contributed by atoms with Crippen LogP contribution in [-0.2, 0) is 6.18 Å². The Morgan fingerprint density at radius 1 is 1.06 bits per heavy atom. The smallest absolute Gasteiger partial charge is 0.416 e. The van der Waals surface area contributed by atoms with Gasteiger partial charge in [0.05, 0.1) is 19.8 Å². The Hall–Kier alpha value is -3.16. The van der Waals surface area contributed by atoms with E-state index in [9.17, 15) is 18.0 Å². The summed E-state index contributed by atoms with van der Waals surface area (Å²) in [4.78, 5) is 21.3. The number of hydrogen-bond donors (Lipinski definition) is 0. The lowest BCUT2D eigenvalue weighted by molar-refractivity contribution is -0.137. The van der Waals surface area contributed by atoms with Gasteiger partial charge in [0, 0.05) is 35.8 Å².